The number of nitrogens with one attached hydrogen (secondary N) is 1. The van der Waals surface area contributed by atoms with Crippen molar-refractivity contribution in [3.63, 3.8) is 0 Å². The van der Waals surface area contributed by atoms with E-state index in [2.05, 4.69) is 0 Å². The zero-order chi connectivity index (χ0) is 4.28. The minimum atomic E-state index is -1.03. The maximum Gasteiger partial charge on any atom is 0.379 e. The van der Waals surface area contributed by atoms with E-state index in [1.54, 1.807) is 0 Å². The molecule has 0 rings (SSSR count). The van der Waals surface area contributed by atoms with Gasteiger partial charge >= 0.3 is 22.6 Å². The molecule has 0 atom stereocenters. The van der Waals surface area contributed by atoms with Crippen molar-refractivity contribution in [3.8, 4) is 0 Å². The summed E-state index contributed by atoms with van der Waals surface area (Å²) >= 11 is 1.84. The summed E-state index contributed by atoms with van der Waals surface area (Å²) in [7, 11) is 0. The fourth-order valence-corrected chi connectivity index (χ4v) is 0. The van der Waals surface area contributed by atoms with E-state index in [-0.39, 0.29) is 0 Å². The van der Waals surface area contributed by atoms with Crippen LogP contribution in [0.5, 0.6) is 0 Å². The maximum atomic E-state index is 9.24. The number of rotatable bonds is 0. The lowest BCUT2D eigenvalue weighted by Gasteiger charge is -1.80. The molecule has 1 amide bonds. The van der Waals surface area contributed by atoms with Gasteiger partial charge in [0.1, 0.15) is 0 Å². The molecule has 0 fully saturated rings. The average molecular weight is 87.0 g/mol. The minimum Gasteiger partial charge on any atom is -0.467 e. The Hall–Kier alpha value is -0.198. The van der Waals surface area contributed by atoms with Gasteiger partial charge in [0.15, 0.2) is 0 Å². The molecule has 0 heterocycles. The van der Waals surface area contributed by atoms with Gasteiger partial charge in [-0.05, 0) is 0 Å². The van der Waals surface area contributed by atoms with E-state index in [4.69, 9.17) is 5.11 Å². The topological polar surface area (TPSA) is 49.3 Å². The maximum absolute atomic E-state index is 9.24. The van der Waals surface area contributed by atoms with Gasteiger partial charge in [0.2, 0.25) is 0 Å². The Morgan fingerprint density at radius 2 is 2.20 bits per heavy atom. The molecule has 3 nitrogen and oxygen atoms in total. The lowest BCUT2D eigenvalue weighted by atomic mass is 11.3. The Bertz CT molecular complexity index is 44.9. The monoisotopic (exact) mass is 87.0 g/mol. The number of amides is 1. The van der Waals surface area contributed by atoms with E-state index in [0.717, 1.165) is 0 Å². The van der Waals surface area contributed by atoms with Crippen LogP contribution in [0.2, 0.25) is 0 Å². The minimum absolute atomic E-state index is 1.03. The van der Waals surface area contributed by atoms with E-state index in [1.807, 2.05) is 20.8 Å². The number of carbonyl (C=O) groups is 1. The van der Waals surface area contributed by atoms with Crippen molar-refractivity contribution in [2.45, 2.75) is 0 Å². The largest absolute Gasteiger partial charge is 0.467 e. The smallest absolute Gasteiger partial charge is 0.379 e. The summed E-state index contributed by atoms with van der Waals surface area (Å²) in [5, 5.41) is 7.59. The number of hydrogen-bond acceptors (Lipinski definition) is 1. The van der Waals surface area contributed by atoms with Crippen LogP contribution < -0.4 is 4.30 Å². The molecule has 0 unspecified atom stereocenters. The van der Waals surface area contributed by atoms with Gasteiger partial charge in [-0.25, -0.2) is 4.79 Å². The number of carboxylic acid groups (broad SMARTS) is 1. The lowest BCUT2D eigenvalue weighted by Crippen LogP contribution is -2.15. The zero-order valence-corrected chi connectivity index (χ0v) is 3.59. The van der Waals surface area contributed by atoms with Gasteiger partial charge in [-0.3, -0.25) is 0 Å². The summed E-state index contributed by atoms with van der Waals surface area (Å²) < 4.78 is 1.86. The van der Waals surface area contributed by atoms with E-state index in [9.17, 15) is 4.79 Å². The van der Waals surface area contributed by atoms with Gasteiger partial charge in [-0.2, -0.15) is 0 Å². The molecule has 0 bridgehead atoms. The molecule has 0 saturated carbocycles. The van der Waals surface area contributed by atoms with Crippen molar-refractivity contribution in [2.75, 3.05) is 0 Å². The van der Waals surface area contributed by atoms with Crippen LogP contribution in [0.25, 0.3) is 0 Å². The molecule has 5 heavy (non-hydrogen) atoms. The molecule has 2 radical (unpaired) electrons. The summed E-state index contributed by atoms with van der Waals surface area (Å²) in [6, 6.07) is 0. The molecule has 0 aromatic heterocycles. The van der Waals surface area contributed by atoms with Gasteiger partial charge in [-0.15, -0.1) is 0 Å². The highest BCUT2D eigenvalue weighted by atomic mass is 27.1. The highest BCUT2D eigenvalue weighted by molar-refractivity contribution is 6.12. The van der Waals surface area contributed by atoms with Gasteiger partial charge < -0.3 is 9.41 Å². The fraction of sp³-hybridized carbons (Fsp3) is 0. The van der Waals surface area contributed by atoms with Gasteiger partial charge in [-0.1, -0.05) is 0 Å². The molecule has 0 aliphatic rings. The third-order valence-corrected chi connectivity index (χ3v) is 0.370. The van der Waals surface area contributed by atoms with Crippen molar-refractivity contribution in [2.24, 2.45) is 0 Å². The second kappa shape index (κ2) is 2.07. The highest BCUT2D eigenvalue weighted by Crippen LogP contribution is 1.44. The molecule has 0 aromatic rings. The molecule has 4 heteroatoms. The zero-order valence-electron chi connectivity index (χ0n) is 2.43. The van der Waals surface area contributed by atoms with Crippen molar-refractivity contribution >= 4 is 22.6 Å². The van der Waals surface area contributed by atoms with Crippen molar-refractivity contribution in [1.82, 2.24) is 4.30 Å². The fourth-order valence-electron chi connectivity index (χ4n) is 0. The van der Waals surface area contributed by atoms with Crippen LogP contribution in [-0.2, 0) is 0 Å². The van der Waals surface area contributed by atoms with Gasteiger partial charge in [0, 0.05) is 0 Å². The summed E-state index contributed by atoms with van der Waals surface area (Å²) in [6.07, 6.45) is -1.03. The van der Waals surface area contributed by atoms with E-state index < -0.39 is 6.09 Å². The summed E-state index contributed by atoms with van der Waals surface area (Å²) in [5.41, 5.74) is 0. The van der Waals surface area contributed by atoms with Crippen LogP contribution in [-0.4, -0.2) is 27.7 Å². The van der Waals surface area contributed by atoms with Crippen LogP contribution in [0.1, 0.15) is 0 Å². The second-order valence-corrected chi connectivity index (χ2v) is 0.738. The van der Waals surface area contributed by atoms with Crippen molar-refractivity contribution in [1.29, 1.82) is 0 Å². The Morgan fingerprint density at radius 3 is 2.20 bits per heavy atom. The Morgan fingerprint density at radius 1 is 2.00 bits per heavy atom. The number of hydrogen-bond donors (Lipinski definition) is 2. The normalized spacial score (nSPS) is 6.40. The predicted octanol–water partition coefficient (Wildman–Crippen LogP) is -0.663. The van der Waals surface area contributed by atoms with Crippen LogP contribution in [0.3, 0.4) is 0 Å². The SMILES string of the molecule is O=C(O)[NH][Al]. The molecule has 0 aromatic carbocycles. The van der Waals surface area contributed by atoms with Crippen LogP contribution >= 0.6 is 0 Å². The molecule has 2 N–H and O–H groups in total. The third kappa shape index (κ3) is 3.80. The summed E-state index contributed by atoms with van der Waals surface area (Å²) in [4.78, 5) is 9.24. The second-order valence-electron chi connectivity index (χ2n) is 0.449. The Balaban J connectivity index is 2.85. The molecule has 0 saturated heterocycles. The molecule has 26 valence electrons. The van der Waals surface area contributed by atoms with Crippen molar-refractivity contribution in [3.05, 3.63) is 0 Å². The van der Waals surface area contributed by atoms with Crippen LogP contribution in [0.4, 0.5) is 4.79 Å². The van der Waals surface area contributed by atoms with E-state index in [0.29, 0.717) is 0 Å². The standard InChI is InChI=1S/CH2NO2.Al/c2-1(3)4;/h2H,(H,3,4);/q-1;+1. The van der Waals surface area contributed by atoms with E-state index >= 15 is 0 Å². The molecule has 0 aliphatic carbocycles. The van der Waals surface area contributed by atoms with Crippen LogP contribution in [0.15, 0.2) is 0 Å². The van der Waals surface area contributed by atoms with Crippen molar-refractivity contribution < 1.29 is 9.90 Å². The van der Waals surface area contributed by atoms with Crippen LogP contribution in [0, 0.1) is 0 Å². The lowest BCUT2D eigenvalue weighted by molar-refractivity contribution is 0.201. The highest BCUT2D eigenvalue weighted by Gasteiger charge is 1.76. The Kier molecular flexibility index (Phi) is 1.98. The molecule has 0 aliphatic heterocycles. The molecule has 0 spiro atoms. The third-order valence-electron chi connectivity index (χ3n) is 0.123. The first-order valence-corrected chi connectivity index (χ1v) is 1.54. The molecular weight excluding hydrogens is 85.0 g/mol. The quantitative estimate of drug-likeness (QED) is 0.385. The van der Waals surface area contributed by atoms with E-state index in [1.165, 1.54) is 0 Å². The average Bonchev–Trinajstić information content (AvgIpc) is 1.38. The molecular formula is CH2AlNO2. The first-order chi connectivity index (χ1) is 2.27. The Labute approximate surface area is 37.6 Å². The predicted molar refractivity (Wildman–Crippen MR) is 16.9 cm³/mol. The van der Waals surface area contributed by atoms with Gasteiger partial charge in [0.25, 0.3) is 0 Å². The summed E-state index contributed by atoms with van der Waals surface area (Å²) in [5.74, 6) is 0. The first kappa shape index (κ1) is 4.80. The summed E-state index contributed by atoms with van der Waals surface area (Å²) in [6.45, 7) is 0. The van der Waals surface area contributed by atoms with Gasteiger partial charge in [0.05, 0.1) is 0 Å². The first-order valence-electron chi connectivity index (χ1n) is 0.966.